The first-order valence-corrected chi connectivity index (χ1v) is 6.68. The maximum absolute atomic E-state index is 13.4. The van der Waals surface area contributed by atoms with Gasteiger partial charge in [0.25, 0.3) is 5.69 Å². The molecule has 1 fully saturated rings. The van der Waals surface area contributed by atoms with E-state index in [1.54, 1.807) is 0 Å². The second-order valence-corrected chi connectivity index (χ2v) is 5.24. The van der Waals surface area contributed by atoms with E-state index in [2.05, 4.69) is 0 Å². The second-order valence-electron chi connectivity index (χ2n) is 5.24. The van der Waals surface area contributed by atoms with Crippen LogP contribution in [0.3, 0.4) is 0 Å². The zero-order valence-electron chi connectivity index (χ0n) is 10.7. The molecular formula is C14H18FNO3. The number of aliphatic hydroxyl groups is 1. The molecule has 5 heteroatoms. The van der Waals surface area contributed by atoms with Crippen molar-refractivity contribution in [2.45, 2.75) is 44.6 Å². The second kappa shape index (κ2) is 6.10. The van der Waals surface area contributed by atoms with Crippen molar-refractivity contribution < 1.29 is 14.4 Å². The van der Waals surface area contributed by atoms with E-state index in [-0.39, 0.29) is 17.7 Å². The third kappa shape index (κ3) is 3.73. The third-order valence-electron chi connectivity index (χ3n) is 3.77. The number of benzene rings is 1. The summed E-state index contributed by atoms with van der Waals surface area (Å²) in [4.78, 5) is 10.1. The average molecular weight is 267 g/mol. The van der Waals surface area contributed by atoms with Crippen molar-refractivity contribution in [3.8, 4) is 0 Å². The molecule has 0 radical (unpaired) electrons. The minimum Gasteiger partial charge on any atom is -0.393 e. The number of non-ortho nitro benzene ring substituents is 1. The molecule has 1 aromatic carbocycles. The van der Waals surface area contributed by atoms with Gasteiger partial charge in [0.15, 0.2) is 0 Å². The highest BCUT2D eigenvalue weighted by Gasteiger charge is 2.22. The van der Waals surface area contributed by atoms with Crippen LogP contribution in [0.1, 0.15) is 37.7 Å². The highest BCUT2D eigenvalue weighted by molar-refractivity contribution is 5.35. The van der Waals surface area contributed by atoms with Crippen molar-refractivity contribution in [2.75, 3.05) is 0 Å². The lowest BCUT2D eigenvalue weighted by molar-refractivity contribution is -0.385. The van der Waals surface area contributed by atoms with E-state index < -0.39 is 10.7 Å². The van der Waals surface area contributed by atoms with Crippen molar-refractivity contribution in [1.29, 1.82) is 0 Å². The summed E-state index contributed by atoms with van der Waals surface area (Å²) in [7, 11) is 0. The van der Waals surface area contributed by atoms with Crippen LogP contribution in [0.2, 0.25) is 0 Å². The van der Waals surface area contributed by atoms with Crippen molar-refractivity contribution in [2.24, 2.45) is 5.92 Å². The SMILES string of the molecule is O=[N+]([O-])c1cc(F)cc(CC2CCCCCC2O)c1. The van der Waals surface area contributed by atoms with Gasteiger partial charge in [0, 0.05) is 6.07 Å². The number of hydrogen-bond donors (Lipinski definition) is 1. The van der Waals surface area contributed by atoms with Crippen LogP contribution in [-0.2, 0) is 6.42 Å². The van der Waals surface area contributed by atoms with Gasteiger partial charge in [0.1, 0.15) is 5.82 Å². The Kier molecular flexibility index (Phi) is 4.47. The summed E-state index contributed by atoms with van der Waals surface area (Å²) in [6.45, 7) is 0. The fraction of sp³-hybridized carbons (Fsp3) is 0.571. The van der Waals surface area contributed by atoms with Gasteiger partial charge in [-0.2, -0.15) is 0 Å². The lowest BCUT2D eigenvalue weighted by Gasteiger charge is -2.20. The first-order chi connectivity index (χ1) is 9.06. The van der Waals surface area contributed by atoms with E-state index in [1.807, 2.05) is 0 Å². The Balaban J connectivity index is 2.15. The van der Waals surface area contributed by atoms with E-state index in [0.29, 0.717) is 12.0 Å². The lowest BCUT2D eigenvalue weighted by Crippen LogP contribution is -2.21. The van der Waals surface area contributed by atoms with Crippen molar-refractivity contribution in [1.82, 2.24) is 0 Å². The Morgan fingerprint density at radius 1 is 1.26 bits per heavy atom. The molecule has 0 amide bonds. The Hall–Kier alpha value is -1.49. The molecule has 4 nitrogen and oxygen atoms in total. The van der Waals surface area contributed by atoms with Gasteiger partial charge < -0.3 is 5.11 Å². The quantitative estimate of drug-likeness (QED) is 0.519. The van der Waals surface area contributed by atoms with Gasteiger partial charge in [-0.05, 0) is 36.8 Å². The number of nitro benzene ring substituents is 1. The third-order valence-corrected chi connectivity index (χ3v) is 3.77. The maximum atomic E-state index is 13.4. The summed E-state index contributed by atoms with van der Waals surface area (Å²) >= 11 is 0. The molecule has 0 saturated heterocycles. The summed E-state index contributed by atoms with van der Waals surface area (Å²) in [6, 6.07) is 3.65. The molecule has 0 aromatic heterocycles. The number of halogens is 1. The van der Waals surface area contributed by atoms with Gasteiger partial charge >= 0.3 is 0 Å². The van der Waals surface area contributed by atoms with Crippen LogP contribution in [0.4, 0.5) is 10.1 Å². The van der Waals surface area contributed by atoms with Gasteiger partial charge in [-0.3, -0.25) is 10.1 Å². The van der Waals surface area contributed by atoms with E-state index in [0.717, 1.165) is 38.2 Å². The predicted octanol–water partition coefficient (Wildman–Crippen LogP) is 3.22. The molecule has 1 N–H and O–H groups in total. The Morgan fingerprint density at radius 2 is 2.00 bits per heavy atom. The number of hydrogen-bond acceptors (Lipinski definition) is 3. The van der Waals surface area contributed by atoms with Gasteiger partial charge in [-0.1, -0.05) is 19.3 Å². The van der Waals surface area contributed by atoms with Gasteiger partial charge in [0.2, 0.25) is 0 Å². The summed E-state index contributed by atoms with van der Waals surface area (Å²) in [6.07, 6.45) is 4.95. The maximum Gasteiger partial charge on any atom is 0.272 e. The van der Waals surface area contributed by atoms with E-state index in [9.17, 15) is 19.6 Å². The minimum absolute atomic E-state index is 0.0731. The van der Waals surface area contributed by atoms with Crippen LogP contribution in [0.15, 0.2) is 18.2 Å². The Labute approximate surface area is 111 Å². The summed E-state index contributed by atoms with van der Waals surface area (Å²) in [5.74, 6) is -0.517. The van der Waals surface area contributed by atoms with Crippen LogP contribution in [0, 0.1) is 21.8 Å². The zero-order chi connectivity index (χ0) is 13.8. The number of rotatable bonds is 3. The van der Waals surface area contributed by atoms with E-state index in [4.69, 9.17) is 0 Å². The molecule has 104 valence electrons. The van der Waals surface area contributed by atoms with Crippen LogP contribution in [-0.4, -0.2) is 16.1 Å². The Morgan fingerprint density at radius 3 is 2.74 bits per heavy atom. The molecule has 0 aliphatic heterocycles. The molecule has 0 spiro atoms. The molecule has 1 aromatic rings. The topological polar surface area (TPSA) is 63.4 Å². The highest BCUT2D eigenvalue weighted by atomic mass is 19.1. The summed E-state index contributed by atoms with van der Waals surface area (Å²) in [5, 5.41) is 20.7. The molecule has 1 saturated carbocycles. The molecule has 0 bridgehead atoms. The van der Waals surface area contributed by atoms with Gasteiger partial charge in [-0.25, -0.2) is 4.39 Å². The van der Waals surface area contributed by atoms with Crippen LogP contribution in [0.5, 0.6) is 0 Å². The van der Waals surface area contributed by atoms with Crippen molar-refractivity contribution in [3.63, 3.8) is 0 Å². The monoisotopic (exact) mass is 267 g/mol. The minimum atomic E-state index is -0.590. The molecule has 1 aliphatic carbocycles. The van der Waals surface area contributed by atoms with Gasteiger partial charge in [-0.15, -0.1) is 0 Å². The summed E-state index contributed by atoms with van der Waals surface area (Å²) < 4.78 is 13.4. The van der Waals surface area contributed by atoms with Crippen molar-refractivity contribution >= 4 is 5.69 Å². The van der Waals surface area contributed by atoms with Crippen LogP contribution < -0.4 is 0 Å². The van der Waals surface area contributed by atoms with Crippen LogP contribution >= 0.6 is 0 Å². The molecule has 1 aliphatic rings. The molecule has 19 heavy (non-hydrogen) atoms. The molecule has 0 heterocycles. The Bertz CT molecular complexity index is 464. The fourth-order valence-corrected chi connectivity index (χ4v) is 2.76. The molecule has 2 unspecified atom stereocenters. The number of nitrogens with zero attached hydrogens (tertiary/aromatic N) is 1. The van der Waals surface area contributed by atoms with Gasteiger partial charge in [0.05, 0.1) is 17.1 Å². The molecular weight excluding hydrogens is 249 g/mol. The normalized spacial score (nSPS) is 23.9. The molecule has 2 atom stereocenters. The number of nitro groups is 1. The highest BCUT2D eigenvalue weighted by Crippen LogP contribution is 2.28. The largest absolute Gasteiger partial charge is 0.393 e. The fourth-order valence-electron chi connectivity index (χ4n) is 2.76. The summed E-state index contributed by atoms with van der Waals surface area (Å²) in [5.41, 5.74) is 0.371. The standard InChI is InChI=1S/C14H18FNO3/c15-12-7-10(8-13(9-12)16(18)19)6-11-4-2-1-3-5-14(11)17/h7-9,11,14,17H,1-6H2. The molecule has 2 rings (SSSR count). The number of aliphatic hydroxyl groups excluding tert-OH is 1. The van der Waals surface area contributed by atoms with E-state index in [1.165, 1.54) is 12.1 Å². The first kappa shape index (κ1) is 13.9. The predicted molar refractivity (Wildman–Crippen MR) is 69.3 cm³/mol. The first-order valence-electron chi connectivity index (χ1n) is 6.68. The lowest BCUT2D eigenvalue weighted by atomic mass is 9.90. The zero-order valence-corrected chi connectivity index (χ0v) is 10.7. The van der Waals surface area contributed by atoms with E-state index >= 15 is 0 Å². The average Bonchev–Trinajstić information content (AvgIpc) is 2.54. The van der Waals surface area contributed by atoms with Crippen LogP contribution in [0.25, 0.3) is 0 Å². The van der Waals surface area contributed by atoms with Crippen molar-refractivity contribution in [3.05, 3.63) is 39.7 Å². The smallest absolute Gasteiger partial charge is 0.272 e.